The summed E-state index contributed by atoms with van der Waals surface area (Å²) < 4.78 is 5.71. The van der Waals surface area contributed by atoms with Crippen LogP contribution >= 0.6 is 0 Å². The largest absolute Gasteiger partial charge is 0.448 e. The molecule has 3 rings (SSSR count). The van der Waals surface area contributed by atoms with E-state index in [0.717, 1.165) is 19.3 Å². The van der Waals surface area contributed by atoms with Crippen LogP contribution < -0.4 is 10.6 Å². The summed E-state index contributed by atoms with van der Waals surface area (Å²) in [6, 6.07) is 0.0834. The molecule has 0 aromatic rings. The van der Waals surface area contributed by atoms with Crippen LogP contribution in [0, 0.1) is 10.8 Å². The molecule has 1 amide bonds. The van der Waals surface area contributed by atoms with Crippen molar-refractivity contribution in [2.45, 2.75) is 96.9 Å². The van der Waals surface area contributed by atoms with Crippen LogP contribution in [0.25, 0.3) is 0 Å². The van der Waals surface area contributed by atoms with Crippen molar-refractivity contribution < 1.29 is 14.3 Å². The van der Waals surface area contributed by atoms with Gasteiger partial charge in [-0.2, -0.15) is 0 Å². The van der Waals surface area contributed by atoms with Gasteiger partial charge < -0.3 is 15.4 Å². The van der Waals surface area contributed by atoms with Crippen LogP contribution in [0.3, 0.4) is 0 Å². The predicted octanol–water partition coefficient (Wildman–Crippen LogP) is 2.53. The summed E-state index contributed by atoms with van der Waals surface area (Å²) in [6.07, 6.45) is 3.06. The molecule has 5 heteroatoms. The highest BCUT2D eigenvalue weighted by Crippen LogP contribution is 2.65. The van der Waals surface area contributed by atoms with E-state index in [2.05, 4.69) is 38.3 Å². The Kier molecular flexibility index (Phi) is 3.50. The monoisotopic (exact) mass is 336 g/mol. The summed E-state index contributed by atoms with van der Waals surface area (Å²) in [5.74, 6) is -0.333. The van der Waals surface area contributed by atoms with Crippen LogP contribution in [-0.2, 0) is 14.3 Å². The molecule has 5 nitrogen and oxygen atoms in total. The third-order valence-corrected chi connectivity index (χ3v) is 6.98. The summed E-state index contributed by atoms with van der Waals surface area (Å²) in [5, 5.41) is 6.86. The molecule has 3 aliphatic rings. The molecule has 2 bridgehead atoms. The molecular formula is C19H32N2O3. The van der Waals surface area contributed by atoms with Crippen LogP contribution in [0.5, 0.6) is 0 Å². The summed E-state index contributed by atoms with van der Waals surface area (Å²) in [4.78, 5) is 25.6. The second-order valence-corrected chi connectivity index (χ2v) is 10.1. The van der Waals surface area contributed by atoms with E-state index in [1.165, 1.54) is 0 Å². The Morgan fingerprint density at radius 1 is 1.04 bits per heavy atom. The first kappa shape index (κ1) is 17.7. The normalized spacial score (nSPS) is 39.5. The SMILES string of the molecule is CC1(C)CC(NC(=O)[C@]23CC[C@@](C)(C(=O)O2)C3(C)C)CC(C)(C)N1. The zero-order valence-electron chi connectivity index (χ0n) is 16.1. The number of carbonyl (C=O) groups excluding carboxylic acids is 2. The molecule has 3 fully saturated rings. The first-order valence-electron chi connectivity index (χ1n) is 9.09. The number of hydrogen-bond donors (Lipinski definition) is 2. The van der Waals surface area contributed by atoms with E-state index in [9.17, 15) is 9.59 Å². The minimum atomic E-state index is -1.02. The number of rotatable bonds is 2. The lowest BCUT2D eigenvalue weighted by atomic mass is 9.66. The Hall–Kier alpha value is -1.10. The minimum Gasteiger partial charge on any atom is -0.448 e. The fraction of sp³-hybridized carbons (Fsp3) is 0.895. The zero-order chi connectivity index (χ0) is 18.2. The highest BCUT2D eigenvalue weighted by atomic mass is 16.6. The Morgan fingerprint density at radius 3 is 2.00 bits per heavy atom. The zero-order valence-corrected chi connectivity index (χ0v) is 16.1. The number of hydrogen-bond acceptors (Lipinski definition) is 4. The first-order valence-corrected chi connectivity index (χ1v) is 9.09. The summed E-state index contributed by atoms with van der Waals surface area (Å²) in [6.45, 7) is 14.6. The molecule has 24 heavy (non-hydrogen) atoms. The molecule has 0 aromatic heterocycles. The van der Waals surface area contributed by atoms with Gasteiger partial charge in [-0.25, -0.2) is 0 Å². The van der Waals surface area contributed by atoms with E-state index < -0.39 is 16.4 Å². The van der Waals surface area contributed by atoms with Crippen LogP contribution in [0.4, 0.5) is 0 Å². The van der Waals surface area contributed by atoms with E-state index in [1.807, 2.05) is 20.8 Å². The van der Waals surface area contributed by atoms with Gasteiger partial charge in [-0.3, -0.25) is 9.59 Å². The van der Waals surface area contributed by atoms with E-state index in [-0.39, 0.29) is 29.0 Å². The molecule has 0 radical (unpaired) electrons. The van der Waals surface area contributed by atoms with Crippen molar-refractivity contribution in [3.05, 3.63) is 0 Å². The molecule has 2 heterocycles. The van der Waals surface area contributed by atoms with Gasteiger partial charge in [0.15, 0.2) is 5.60 Å². The van der Waals surface area contributed by atoms with Gasteiger partial charge in [0.2, 0.25) is 0 Å². The van der Waals surface area contributed by atoms with Gasteiger partial charge in [-0.05, 0) is 60.3 Å². The third-order valence-electron chi connectivity index (χ3n) is 6.98. The average Bonchev–Trinajstić information content (AvgIpc) is 2.65. The minimum absolute atomic E-state index is 0.0383. The molecule has 136 valence electrons. The third kappa shape index (κ3) is 2.23. The lowest BCUT2D eigenvalue weighted by Gasteiger charge is -2.47. The average molecular weight is 336 g/mol. The van der Waals surface area contributed by atoms with Crippen molar-refractivity contribution >= 4 is 11.9 Å². The van der Waals surface area contributed by atoms with Crippen molar-refractivity contribution in [1.82, 2.24) is 10.6 Å². The van der Waals surface area contributed by atoms with Crippen molar-refractivity contribution in [2.75, 3.05) is 0 Å². The second-order valence-electron chi connectivity index (χ2n) is 10.1. The molecule has 2 saturated heterocycles. The maximum atomic E-state index is 13.2. The number of nitrogens with one attached hydrogen (secondary N) is 2. The summed E-state index contributed by atoms with van der Waals surface area (Å²) in [7, 11) is 0. The molecule has 2 aliphatic heterocycles. The Labute approximate surface area is 145 Å². The van der Waals surface area contributed by atoms with Crippen molar-refractivity contribution in [2.24, 2.45) is 10.8 Å². The number of amides is 1. The molecule has 1 saturated carbocycles. The predicted molar refractivity (Wildman–Crippen MR) is 92.4 cm³/mol. The van der Waals surface area contributed by atoms with Gasteiger partial charge in [0.1, 0.15) is 0 Å². The van der Waals surface area contributed by atoms with E-state index in [4.69, 9.17) is 4.74 Å². The molecule has 0 spiro atoms. The fourth-order valence-corrected chi connectivity index (χ4v) is 5.47. The quantitative estimate of drug-likeness (QED) is 0.761. The second kappa shape index (κ2) is 4.75. The van der Waals surface area contributed by atoms with Crippen molar-refractivity contribution in [1.29, 1.82) is 0 Å². The number of ether oxygens (including phenoxy) is 1. The molecule has 2 atom stereocenters. The van der Waals surface area contributed by atoms with Crippen molar-refractivity contribution in [3.8, 4) is 0 Å². The standard InChI is InChI=1S/C19H32N2O3/c1-15(2)10-12(11-16(3,4)21-15)20-13(22)19-9-8-18(7,14(23)24-19)17(19,5)6/h12,21H,8-11H2,1-7H3,(H,20,22)/t18-,19-/m0/s1. The molecule has 0 aromatic carbocycles. The van der Waals surface area contributed by atoms with Crippen LogP contribution in [0.15, 0.2) is 0 Å². The van der Waals surface area contributed by atoms with E-state index in [1.54, 1.807) is 0 Å². The van der Waals surface area contributed by atoms with Gasteiger partial charge in [0.25, 0.3) is 5.91 Å². The van der Waals surface area contributed by atoms with E-state index >= 15 is 0 Å². The molecular weight excluding hydrogens is 304 g/mol. The van der Waals surface area contributed by atoms with E-state index in [0.29, 0.717) is 6.42 Å². The lowest BCUT2D eigenvalue weighted by molar-refractivity contribution is -0.168. The first-order chi connectivity index (χ1) is 10.7. The molecule has 0 unspecified atom stereocenters. The highest BCUT2D eigenvalue weighted by Gasteiger charge is 2.75. The number of carbonyl (C=O) groups is 2. The maximum absolute atomic E-state index is 13.2. The van der Waals surface area contributed by atoms with Crippen molar-refractivity contribution in [3.63, 3.8) is 0 Å². The van der Waals surface area contributed by atoms with Gasteiger partial charge in [0.05, 0.1) is 5.41 Å². The number of piperidine rings is 1. The number of esters is 1. The van der Waals surface area contributed by atoms with Gasteiger partial charge in [-0.15, -0.1) is 0 Å². The topological polar surface area (TPSA) is 67.4 Å². The number of fused-ring (bicyclic) bond motifs is 2. The molecule has 1 aliphatic carbocycles. The Balaban J connectivity index is 1.82. The Bertz CT molecular complexity index is 579. The maximum Gasteiger partial charge on any atom is 0.313 e. The van der Waals surface area contributed by atoms with Crippen LogP contribution in [0.2, 0.25) is 0 Å². The highest BCUT2D eigenvalue weighted by molar-refractivity contribution is 5.96. The smallest absolute Gasteiger partial charge is 0.313 e. The molecule has 2 N–H and O–H groups in total. The Morgan fingerprint density at radius 2 is 1.58 bits per heavy atom. The van der Waals surface area contributed by atoms with Gasteiger partial charge >= 0.3 is 5.97 Å². The van der Waals surface area contributed by atoms with Gasteiger partial charge in [-0.1, -0.05) is 13.8 Å². The van der Waals surface area contributed by atoms with Gasteiger partial charge in [0, 0.05) is 22.5 Å². The van der Waals surface area contributed by atoms with Crippen LogP contribution in [0.1, 0.15) is 74.1 Å². The fourth-order valence-electron chi connectivity index (χ4n) is 5.47. The summed E-state index contributed by atoms with van der Waals surface area (Å²) in [5.41, 5.74) is -2.14. The van der Waals surface area contributed by atoms with Crippen LogP contribution in [-0.4, -0.2) is 34.6 Å². The summed E-state index contributed by atoms with van der Waals surface area (Å²) >= 11 is 0. The lowest BCUT2D eigenvalue weighted by Crippen LogP contribution is -2.64.